The second kappa shape index (κ2) is 7.14. The highest BCUT2D eigenvalue weighted by atomic mass is 32.1. The van der Waals surface area contributed by atoms with Crippen molar-refractivity contribution in [3.63, 3.8) is 0 Å². The zero-order valence-corrected chi connectivity index (χ0v) is 14.6. The molecule has 1 aromatic heterocycles. The number of methoxy groups -OCH3 is 1. The number of nitrogens with zero attached hydrogens (tertiary/aromatic N) is 1. The number of thiophene rings is 1. The van der Waals surface area contributed by atoms with Gasteiger partial charge in [0.1, 0.15) is 10.9 Å². The number of carbonyl (C=O) groups is 2. The van der Waals surface area contributed by atoms with Gasteiger partial charge in [-0.05, 0) is 37.0 Å². The van der Waals surface area contributed by atoms with Crippen LogP contribution >= 0.6 is 11.3 Å². The molecule has 1 N–H and O–H groups in total. The quantitative estimate of drug-likeness (QED) is 0.846. The SMILES string of the molecule is COC(=O)c1csc(C#N)c1NC(=O)CC1CCC(C)(C)CC1. The van der Waals surface area contributed by atoms with Gasteiger partial charge in [-0.1, -0.05) is 13.8 Å². The maximum absolute atomic E-state index is 12.3. The standard InChI is InChI=1S/C17H22N2O3S/c1-17(2)6-4-11(5-7-17)8-14(20)19-15-12(16(21)22-3)10-23-13(15)9-18/h10-11H,4-8H2,1-3H3,(H,19,20). The number of carbonyl (C=O) groups excluding carboxylic acids is 2. The summed E-state index contributed by atoms with van der Waals surface area (Å²) in [6, 6.07) is 2.01. The average Bonchev–Trinajstić information content (AvgIpc) is 2.91. The Morgan fingerprint density at radius 2 is 2.09 bits per heavy atom. The van der Waals surface area contributed by atoms with E-state index in [2.05, 4.69) is 19.2 Å². The summed E-state index contributed by atoms with van der Waals surface area (Å²) in [5, 5.41) is 13.4. The number of hydrogen-bond acceptors (Lipinski definition) is 5. The molecule has 6 heteroatoms. The summed E-state index contributed by atoms with van der Waals surface area (Å²) in [5.41, 5.74) is 0.893. The number of ether oxygens (including phenoxy) is 1. The molecule has 0 spiro atoms. The van der Waals surface area contributed by atoms with E-state index in [1.165, 1.54) is 7.11 Å². The Morgan fingerprint density at radius 3 is 2.65 bits per heavy atom. The maximum Gasteiger partial charge on any atom is 0.340 e. The molecular weight excluding hydrogens is 312 g/mol. The largest absolute Gasteiger partial charge is 0.465 e. The molecule has 1 heterocycles. The number of amides is 1. The normalized spacial score (nSPS) is 17.3. The van der Waals surface area contributed by atoms with E-state index in [1.54, 1.807) is 5.38 Å². The summed E-state index contributed by atoms with van der Waals surface area (Å²) in [4.78, 5) is 24.4. The molecule has 1 fully saturated rings. The number of esters is 1. The Morgan fingerprint density at radius 1 is 1.43 bits per heavy atom. The van der Waals surface area contributed by atoms with Crippen LogP contribution in [0.1, 0.15) is 61.2 Å². The van der Waals surface area contributed by atoms with Crippen molar-refractivity contribution in [2.45, 2.75) is 46.0 Å². The van der Waals surface area contributed by atoms with Gasteiger partial charge in [0.25, 0.3) is 0 Å². The number of nitriles is 1. The third kappa shape index (κ3) is 4.32. The molecule has 0 bridgehead atoms. The van der Waals surface area contributed by atoms with E-state index in [9.17, 15) is 9.59 Å². The van der Waals surface area contributed by atoms with Crippen molar-refractivity contribution < 1.29 is 14.3 Å². The fourth-order valence-corrected chi connectivity index (χ4v) is 3.72. The van der Waals surface area contributed by atoms with Gasteiger partial charge in [-0.2, -0.15) is 5.26 Å². The Kier molecular flexibility index (Phi) is 5.42. The van der Waals surface area contributed by atoms with Gasteiger partial charge in [-0.15, -0.1) is 11.3 Å². The van der Waals surface area contributed by atoms with Crippen molar-refractivity contribution >= 4 is 28.9 Å². The molecule has 1 aliphatic rings. The molecule has 1 saturated carbocycles. The first-order valence-corrected chi connectivity index (χ1v) is 8.64. The first-order chi connectivity index (χ1) is 10.9. The molecule has 0 atom stereocenters. The monoisotopic (exact) mass is 334 g/mol. The van der Waals surface area contributed by atoms with E-state index in [0.29, 0.717) is 22.6 Å². The molecular formula is C17H22N2O3S. The summed E-state index contributed by atoms with van der Waals surface area (Å²) in [6.45, 7) is 4.52. The average molecular weight is 334 g/mol. The molecule has 0 unspecified atom stereocenters. The molecule has 5 nitrogen and oxygen atoms in total. The van der Waals surface area contributed by atoms with Gasteiger partial charge in [-0.3, -0.25) is 4.79 Å². The fraction of sp³-hybridized carbons (Fsp3) is 0.588. The van der Waals surface area contributed by atoms with E-state index >= 15 is 0 Å². The highest BCUT2D eigenvalue weighted by molar-refractivity contribution is 7.11. The number of nitrogens with one attached hydrogen (secondary N) is 1. The maximum atomic E-state index is 12.3. The molecule has 1 aromatic rings. The van der Waals surface area contributed by atoms with Gasteiger partial charge in [0.2, 0.25) is 5.91 Å². The lowest BCUT2D eigenvalue weighted by Crippen LogP contribution is -2.25. The second-order valence-corrected chi connectivity index (χ2v) is 7.70. The van der Waals surface area contributed by atoms with Crippen LogP contribution in [0.4, 0.5) is 5.69 Å². The summed E-state index contributed by atoms with van der Waals surface area (Å²) in [5.74, 6) is -0.319. The fourth-order valence-electron chi connectivity index (χ4n) is 2.94. The predicted molar refractivity (Wildman–Crippen MR) is 89.4 cm³/mol. The highest BCUT2D eigenvalue weighted by Gasteiger charge is 2.28. The highest BCUT2D eigenvalue weighted by Crippen LogP contribution is 2.39. The van der Waals surface area contributed by atoms with Crippen LogP contribution in [0.3, 0.4) is 0 Å². The minimum atomic E-state index is -0.544. The van der Waals surface area contributed by atoms with Crippen LogP contribution in [0, 0.1) is 22.7 Å². The van der Waals surface area contributed by atoms with E-state index in [1.807, 2.05) is 6.07 Å². The van der Waals surface area contributed by atoms with E-state index < -0.39 is 5.97 Å². The molecule has 2 rings (SSSR count). The van der Waals surface area contributed by atoms with Crippen molar-refractivity contribution in [3.8, 4) is 6.07 Å². The molecule has 1 amide bonds. The van der Waals surface area contributed by atoms with Crippen molar-refractivity contribution in [1.29, 1.82) is 5.26 Å². The number of anilines is 1. The first kappa shape index (κ1) is 17.5. The van der Waals surface area contributed by atoms with Crippen LogP contribution < -0.4 is 5.32 Å². The summed E-state index contributed by atoms with van der Waals surface area (Å²) in [7, 11) is 1.28. The zero-order valence-electron chi connectivity index (χ0n) is 13.8. The lowest BCUT2D eigenvalue weighted by Gasteiger charge is -2.34. The Hall–Kier alpha value is -1.87. The summed E-state index contributed by atoms with van der Waals surface area (Å²) in [6.07, 6.45) is 4.76. The Labute approximate surface area is 140 Å². The zero-order chi connectivity index (χ0) is 17.0. The molecule has 0 radical (unpaired) electrons. The third-order valence-corrected chi connectivity index (χ3v) is 5.38. The van der Waals surface area contributed by atoms with E-state index in [0.717, 1.165) is 37.0 Å². The Bertz CT molecular complexity index is 633. The van der Waals surface area contributed by atoms with Gasteiger partial charge < -0.3 is 10.1 Å². The van der Waals surface area contributed by atoms with Crippen molar-refractivity contribution in [1.82, 2.24) is 0 Å². The van der Waals surface area contributed by atoms with Crippen LogP contribution in [0.5, 0.6) is 0 Å². The molecule has 23 heavy (non-hydrogen) atoms. The van der Waals surface area contributed by atoms with E-state index in [4.69, 9.17) is 10.00 Å². The smallest absolute Gasteiger partial charge is 0.340 e. The molecule has 124 valence electrons. The van der Waals surface area contributed by atoms with E-state index in [-0.39, 0.29) is 17.2 Å². The van der Waals surface area contributed by atoms with Crippen LogP contribution in [0.25, 0.3) is 0 Å². The molecule has 0 aromatic carbocycles. The minimum Gasteiger partial charge on any atom is -0.465 e. The summed E-state index contributed by atoms with van der Waals surface area (Å²) >= 11 is 1.13. The molecule has 0 saturated heterocycles. The second-order valence-electron chi connectivity index (χ2n) is 6.82. The minimum absolute atomic E-state index is 0.144. The number of hydrogen-bond donors (Lipinski definition) is 1. The molecule has 0 aliphatic heterocycles. The van der Waals surface area contributed by atoms with Crippen LogP contribution in [0.15, 0.2) is 5.38 Å². The van der Waals surface area contributed by atoms with Crippen LogP contribution in [0.2, 0.25) is 0 Å². The van der Waals surface area contributed by atoms with Gasteiger partial charge in [0.05, 0.1) is 18.4 Å². The lowest BCUT2D eigenvalue weighted by molar-refractivity contribution is -0.117. The Balaban J connectivity index is 2.02. The first-order valence-electron chi connectivity index (χ1n) is 7.76. The van der Waals surface area contributed by atoms with Gasteiger partial charge in [0, 0.05) is 11.8 Å². The van der Waals surface area contributed by atoms with Crippen molar-refractivity contribution in [2.75, 3.05) is 12.4 Å². The third-order valence-electron chi connectivity index (χ3n) is 4.50. The van der Waals surface area contributed by atoms with Gasteiger partial charge in [-0.25, -0.2) is 4.79 Å². The van der Waals surface area contributed by atoms with Crippen LogP contribution in [-0.2, 0) is 9.53 Å². The molecule has 1 aliphatic carbocycles. The summed E-state index contributed by atoms with van der Waals surface area (Å²) < 4.78 is 4.70. The number of rotatable bonds is 4. The van der Waals surface area contributed by atoms with Crippen molar-refractivity contribution in [3.05, 3.63) is 15.8 Å². The lowest BCUT2D eigenvalue weighted by atomic mass is 9.72. The van der Waals surface area contributed by atoms with Crippen molar-refractivity contribution in [2.24, 2.45) is 11.3 Å². The van der Waals surface area contributed by atoms with Gasteiger partial charge in [0.15, 0.2) is 0 Å². The predicted octanol–water partition coefficient (Wildman–Crippen LogP) is 3.95. The van der Waals surface area contributed by atoms with Gasteiger partial charge >= 0.3 is 5.97 Å². The topological polar surface area (TPSA) is 79.2 Å². The van der Waals surface area contributed by atoms with Crippen LogP contribution in [-0.4, -0.2) is 19.0 Å².